The molecule has 0 bridgehead atoms. The van der Waals surface area contributed by atoms with E-state index in [-0.39, 0.29) is 5.97 Å². The summed E-state index contributed by atoms with van der Waals surface area (Å²) in [6.07, 6.45) is 4.20. The second-order valence-corrected chi connectivity index (χ2v) is 4.18. The Bertz CT molecular complexity index is 380. The minimum absolute atomic E-state index is 0.387. The lowest BCUT2D eigenvalue weighted by atomic mass is 10.1. The molecule has 0 aliphatic rings. The molecule has 0 atom stereocenters. The average Bonchev–Trinajstić information content (AvgIpc) is 2.35. The summed E-state index contributed by atoms with van der Waals surface area (Å²) in [6, 6.07) is 10.0. The van der Waals surface area contributed by atoms with Crippen LogP contribution in [0.1, 0.15) is 19.4 Å². The van der Waals surface area contributed by atoms with E-state index >= 15 is 0 Å². The summed E-state index contributed by atoms with van der Waals surface area (Å²) in [6.45, 7) is 3.34. The molecule has 0 aromatic heterocycles. The van der Waals surface area contributed by atoms with Crippen molar-refractivity contribution in [3.8, 4) is 0 Å². The first-order chi connectivity index (χ1) is 8.06. The molecule has 1 aromatic carbocycles. The summed E-state index contributed by atoms with van der Waals surface area (Å²) < 4.78 is 9.98. The highest BCUT2D eigenvalue weighted by Gasteiger charge is 2.29. The van der Waals surface area contributed by atoms with Crippen molar-refractivity contribution >= 4 is 5.97 Å². The smallest absolute Gasteiger partial charge is 0.349 e. The normalized spacial score (nSPS) is 11.5. The Morgan fingerprint density at radius 3 is 2.53 bits per heavy atom. The monoisotopic (exact) mass is 234 g/mol. The maximum absolute atomic E-state index is 11.3. The van der Waals surface area contributed by atoms with Crippen LogP contribution in [0.25, 0.3) is 0 Å². The number of carbonyl (C=O) groups is 1. The van der Waals surface area contributed by atoms with Crippen molar-refractivity contribution < 1.29 is 14.3 Å². The van der Waals surface area contributed by atoms with Crippen LogP contribution in [0.2, 0.25) is 0 Å². The quantitative estimate of drug-likeness (QED) is 0.580. The third kappa shape index (κ3) is 4.31. The number of rotatable bonds is 5. The molecule has 0 unspecified atom stereocenters. The number of hydrogen-bond donors (Lipinski definition) is 0. The van der Waals surface area contributed by atoms with Gasteiger partial charge in [-0.2, -0.15) is 0 Å². The molecule has 3 nitrogen and oxygen atoms in total. The Morgan fingerprint density at radius 1 is 1.29 bits per heavy atom. The Kier molecular flexibility index (Phi) is 4.76. The first-order valence-corrected chi connectivity index (χ1v) is 5.51. The predicted molar refractivity (Wildman–Crippen MR) is 66.5 cm³/mol. The van der Waals surface area contributed by atoms with Crippen LogP contribution in [0.4, 0.5) is 0 Å². The molecule has 0 saturated heterocycles. The summed E-state index contributed by atoms with van der Waals surface area (Å²) in [5, 5.41) is 0. The number of benzene rings is 1. The third-order valence-corrected chi connectivity index (χ3v) is 2.33. The number of methoxy groups -OCH3 is 1. The highest BCUT2D eigenvalue weighted by atomic mass is 16.6. The van der Waals surface area contributed by atoms with E-state index in [1.165, 1.54) is 12.7 Å². The van der Waals surface area contributed by atoms with Gasteiger partial charge in [0.2, 0.25) is 0 Å². The van der Waals surface area contributed by atoms with Gasteiger partial charge in [-0.05, 0) is 31.9 Å². The third-order valence-electron chi connectivity index (χ3n) is 2.33. The van der Waals surface area contributed by atoms with Gasteiger partial charge in [0.15, 0.2) is 5.60 Å². The van der Waals surface area contributed by atoms with E-state index in [2.05, 4.69) is 4.74 Å². The lowest BCUT2D eigenvalue weighted by molar-refractivity contribution is -0.159. The van der Waals surface area contributed by atoms with E-state index in [1.807, 2.05) is 36.4 Å². The topological polar surface area (TPSA) is 35.5 Å². The maximum Gasteiger partial charge on any atom is 0.349 e. The fraction of sp³-hybridized carbons (Fsp3) is 0.357. The van der Waals surface area contributed by atoms with E-state index in [0.717, 1.165) is 6.42 Å². The Labute approximate surface area is 102 Å². The summed E-state index contributed by atoms with van der Waals surface area (Å²) in [5.74, 6) is -0.387. The van der Waals surface area contributed by atoms with Gasteiger partial charge in [-0.3, -0.25) is 0 Å². The van der Waals surface area contributed by atoms with Crippen molar-refractivity contribution in [1.82, 2.24) is 0 Å². The minimum atomic E-state index is -0.943. The van der Waals surface area contributed by atoms with Crippen LogP contribution in [0.5, 0.6) is 0 Å². The summed E-state index contributed by atoms with van der Waals surface area (Å²) in [4.78, 5) is 11.3. The van der Waals surface area contributed by atoms with Crippen LogP contribution < -0.4 is 0 Å². The fourth-order valence-electron chi connectivity index (χ4n) is 1.31. The molecule has 0 radical (unpaired) electrons. The molecule has 92 valence electrons. The van der Waals surface area contributed by atoms with Gasteiger partial charge in [0, 0.05) is 0 Å². The van der Waals surface area contributed by atoms with Crippen LogP contribution in [0.15, 0.2) is 42.7 Å². The first-order valence-electron chi connectivity index (χ1n) is 5.51. The molecular formula is C14H18O3. The largest absolute Gasteiger partial charge is 0.484 e. The standard InChI is InChI=1S/C14H18O3/c1-14(2,13(15)16-3)17-11-7-10-12-8-5-4-6-9-12/h4-9,11H,10H2,1-3H3. The SMILES string of the molecule is COC(=O)C(C)(C)OC=CCc1ccccc1. The van der Waals surface area contributed by atoms with Crippen LogP contribution in [-0.4, -0.2) is 18.7 Å². The second kappa shape index (κ2) is 6.09. The molecule has 1 rings (SSSR count). The van der Waals surface area contributed by atoms with E-state index < -0.39 is 5.60 Å². The molecule has 0 fully saturated rings. The second-order valence-electron chi connectivity index (χ2n) is 4.18. The van der Waals surface area contributed by atoms with Gasteiger partial charge in [-0.25, -0.2) is 4.79 Å². The zero-order valence-corrected chi connectivity index (χ0v) is 10.5. The van der Waals surface area contributed by atoms with Gasteiger partial charge >= 0.3 is 5.97 Å². The number of hydrogen-bond acceptors (Lipinski definition) is 3. The zero-order valence-electron chi connectivity index (χ0n) is 10.5. The molecular weight excluding hydrogens is 216 g/mol. The Balaban J connectivity index is 2.43. The average molecular weight is 234 g/mol. The first kappa shape index (κ1) is 13.3. The number of carbonyl (C=O) groups excluding carboxylic acids is 1. The molecule has 0 heterocycles. The van der Waals surface area contributed by atoms with Gasteiger partial charge in [0.05, 0.1) is 13.4 Å². The molecule has 3 heteroatoms. The van der Waals surface area contributed by atoms with E-state index in [0.29, 0.717) is 0 Å². The van der Waals surface area contributed by atoms with E-state index in [9.17, 15) is 4.79 Å². The summed E-state index contributed by atoms with van der Waals surface area (Å²) in [7, 11) is 1.35. The highest BCUT2D eigenvalue weighted by Crippen LogP contribution is 2.11. The molecule has 0 aliphatic carbocycles. The van der Waals surface area contributed by atoms with Gasteiger partial charge in [0.1, 0.15) is 0 Å². The molecule has 0 spiro atoms. The van der Waals surface area contributed by atoms with Crippen molar-refractivity contribution in [3.63, 3.8) is 0 Å². The van der Waals surface area contributed by atoms with Crippen molar-refractivity contribution in [2.24, 2.45) is 0 Å². The van der Waals surface area contributed by atoms with Gasteiger partial charge in [-0.15, -0.1) is 0 Å². The molecule has 0 aliphatic heterocycles. The highest BCUT2D eigenvalue weighted by molar-refractivity contribution is 5.78. The van der Waals surface area contributed by atoms with Crippen LogP contribution >= 0.6 is 0 Å². The predicted octanol–water partition coefficient (Wildman–Crippen LogP) is 2.71. The van der Waals surface area contributed by atoms with Gasteiger partial charge in [-0.1, -0.05) is 30.3 Å². The number of ether oxygens (including phenoxy) is 2. The minimum Gasteiger partial charge on any atom is -0.484 e. The molecule has 0 saturated carbocycles. The van der Waals surface area contributed by atoms with Crippen LogP contribution in [-0.2, 0) is 20.7 Å². The van der Waals surface area contributed by atoms with Crippen molar-refractivity contribution in [2.75, 3.05) is 7.11 Å². The molecule has 0 amide bonds. The Morgan fingerprint density at radius 2 is 1.94 bits per heavy atom. The number of esters is 1. The van der Waals surface area contributed by atoms with Crippen molar-refractivity contribution in [2.45, 2.75) is 25.9 Å². The lowest BCUT2D eigenvalue weighted by Gasteiger charge is -2.20. The van der Waals surface area contributed by atoms with Crippen LogP contribution in [0.3, 0.4) is 0 Å². The maximum atomic E-state index is 11.3. The molecule has 0 N–H and O–H groups in total. The lowest BCUT2D eigenvalue weighted by Crippen LogP contribution is -2.34. The van der Waals surface area contributed by atoms with Crippen LogP contribution in [0, 0.1) is 0 Å². The van der Waals surface area contributed by atoms with Crippen molar-refractivity contribution in [3.05, 3.63) is 48.2 Å². The number of allylic oxidation sites excluding steroid dienone is 1. The molecule has 17 heavy (non-hydrogen) atoms. The molecule has 1 aromatic rings. The van der Waals surface area contributed by atoms with Gasteiger partial charge < -0.3 is 9.47 Å². The van der Waals surface area contributed by atoms with E-state index in [4.69, 9.17) is 4.74 Å². The summed E-state index contributed by atoms with van der Waals surface area (Å²) in [5.41, 5.74) is 0.255. The van der Waals surface area contributed by atoms with E-state index in [1.54, 1.807) is 20.1 Å². The Hall–Kier alpha value is -1.77. The summed E-state index contributed by atoms with van der Waals surface area (Å²) >= 11 is 0. The fourth-order valence-corrected chi connectivity index (χ4v) is 1.31. The van der Waals surface area contributed by atoms with Crippen molar-refractivity contribution in [1.29, 1.82) is 0 Å². The zero-order chi connectivity index (χ0) is 12.7. The van der Waals surface area contributed by atoms with Gasteiger partial charge in [0.25, 0.3) is 0 Å².